The molecule has 3 aromatic heterocycles. The van der Waals surface area contributed by atoms with Gasteiger partial charge in [0.2, 0.25) is 11.8 Å². The van der Waals surface area contributed by atoms with Gasteiger partial charge in [-0.25, -0.2) is 4.98 Å². The molecule has 0 bridgehead atoms. The molecule has 0 unspecified atom stereocenters. The molecule has 0 aliphatic carbocycles. The van der Waals surface area contributed by atoms with E-state index in [1.807, 2.05) is 38.4 Å². The van der Waals surface area contributed by atoms with Crippen LogP contribution in [-0.4, -0.2) is 20.7 Å². The molecule has 0 saturated carbocycles. The monoisotopic (exact) mass is 330 g/mol. The summed E-state index contributed by atoms with van der Waals surface area (Å²) in [6, 6.07) is 3.90. The zero-order valence-corrected chi connectivity index (χ0v) is 14.1. The van der Waals surface area contributed by atoms with Gasteiger partial charge in [0.1, 0.15) is 6.26 Å². The Morgan fingerprint density at radius 1 is 1.43 bits per heavy atom. The van der Waals surface area contributed by atoms with Crippen LogP contribution in [0.15, 0.2) is 28.2 Å². The minimum Gasteiger partial charge on any atom is -0.443 e. The van der Waals surface area contributed by atoms with E-state index in [1.54, 1.807) is 22.3 Å². The summed E-state index contributed by atoms with van der Waals surface area (Å²) in [6.07, 6.45) is 1.90. The fourth-order valence-corrected chi connectivity index (χ4v) is 3.04. The molecule has 0 radical (unpaired) electrons. The van der Waals surface area contributed by atoms with E-state index in [0.717, 1.165) is 21.8 Å². The summed E-state index contributed by atoms with van der Waals surface area (Å²) in [4.78, 5) is 17.5. The third-order valence-electron chi connectivity index (χ3n) is 3.75. The lowest BCUT2D eigenvalue weighted by Crippen LogP contribution is -2.25. The number of nitrogens with one attached hydrogen (secondary N) is 1. The van der Waals surface area contributed by atoms with Gasteiger partial charge in [0, 0.05) is 18.3 Å². The van der Waals surface area contributed by atoms with Crippen LogP contribution in [0.3, 0.4) is 0 Å². The SMILES string of the molecule is Cc1nn(C)c(C)c1CC(=O)NCc1coc(-c2cccs2)n1. The minimum atomic E-state index is -0.0510. The Morgan fingerprint density at radius 3 is 2.91 bits per heavy atom. The molecular weight excluding hydrogens is 312 g/mol. The second kappa shape index (κ2) is 6.37. The normalized spacial score (nSPS) is 10.9. The highest BCUT2D eigenvalue weighted by Gasteiger charge is 2.14. The van der Waals surface area contributed by atoms with Crippen LogP contribution in [0.1, 0.15) is 22.6 Å². The average molecular weight is 330 g/mol. The summed E-state index contributed by atoms with van der Waals surface area (Å²) < 4.78 is 7.23. The summed E-state index contributed by atoms with van der Waals surface area (Å²) in [5.41, 5.74) is 3.59. The number of oxazole rings is 1. The van der Waals surface area contributed by atoms with Gasteiger partial charge in [-0.15, -0.1) is 11.3 Å². The summed E-state index contributed by atoms with van der Waals surface area (Å²) in [5, 5.41) is 9.17. The van der Waals surface area contributed by atoms with Crippen LogP contribution in [-0.2, 0) is 24.8 Å². The van der Waals surface area contributed by atoms with E-state index in [4.69, 9.17) is 4.42 Å². The van der Waals surface area contributed by atoms with Crippen LogP contribution in [0, 0.1) is 13.8 Å². The number of rotatable bonds is 5. The largest absolute Gasteiger partial charge is 0.443 e. The minimum absolute atomic E-state index is 0.0510. The van der Waals surface area contributed by atoms with Crippen LogP contribution in [0.25, 0.3) is 10.8 Å². The maximum absolute atomic E-state index is 12.1. The quantitative estimate of drug-likeness (QED) is 0.780. The summed E-state index contributed by atoms with van der Waals surface area (Å²) >= 11 is 1.57. The number of amides is 1. The van der Waals surface area contributed by atoms with Gasteiger partial charge in [-0.1, -0.05) is 6.07 Å². The molecule has 1 amide bonds. The van der Waals surface area contributed by atoms with Crippen molar-refractivity contribution in [2.75, 3.05) is 0 Å². The molecule has 0 atom stereocenters. The molecule has 0 aliphatic heterocycles. The van der Waals surface area contributed by atoms with Gasteiger partial charge < -0.3 is 9.73 Å². The zero-order valence-electron chi connectivity index (χ0n) is 13.3. The van der Waals surface area contributed by atoms with E-state index >= 15 is 0 Å². The van der Waals surface area contributed by atoms with Crippen molar-refractivity contribution >= 4 is 17.2 Å². The van der Waals surface area contributed by atoms with Crippen LogP contribution in [0.2, 0.25) is 0 Å². The Morgan fingerprint density at radius 2 is 2.26 bits per heavy atom. The summed E-state index contributed by atoms with van der Waals surface area (Å²) in [7, 11) is 1.88. The number of hydrogen-bond donors (Lipinski definition) is 1. The molecule has 3 rings (SSSR count). The fourth-order valence-electron chi connectivity index (χ4n) is 2.39. The van der Waals surface area contributed by atoms with Crippen molar-refractivity contribution in [3.63, 3.8) is 0 Å². The van der Waals surface area contributed by atoms with Crippen molar-refractivity contribution in [2.45, 2.75) is 26.8 Å². The number of nitrogens with zero attached hydrogens (tertiary/aromatic N) is 3. The predicted octanol–water partition coefficient (Wildman–Crippen LogP) is 2.61. The van der Waals surface area contributed by atoms with Gasteiger partial charge in [-0.3, -0.25) is 9.48 Å². The lowest BCUT2D eigenvalue weighted by molar-refractivity contribution is -0.120. The first kappa shape index (κ1) is 15.5. The smallest absolute Gasteiger partial charge is 0.236 e. The molecule has 3 heterocycles. The van der Waals surface area contributed by atoms with E-state index in [1.165, 1.54) is 0 Å². The summed E-state index contributed by atoms with van der Waals surface area (Å²) in [5.74, 6) is 0.535. The predicted molar refractivity (Wildman–Crippen MR) is 88.0 cm³/mol. The van der Waals surface area contributed by atoms with E-state index in [2.05, 4.69) is 15.4 Å². The van der Waals surface area contributed by atoms with Crippen molar-refractivity contribution < 1.29 is 9.21 Å². The Hall–Kier alpha value is -2.41. The molecule has 0 spiro atoms. The van der Waals surface area contributed by atoms with Gasteiger partial charge in [-0.05, 0) is 25.3 Å². The van der Waals surface area contributed by atoms with Crippen LogP contribution >= 0.6 is 11.3 Å². The molecule has 3 aromatic rings. The first-order valence-corrected chi connectivity index (χ1v) is 8.16. The molecule has 0 aliphatic rings. The third kappa shape index (κ3) is 3.34. The van der Waals surface area contributed by atoms with E-state index in [-0.39, 0.29) is 5.91 Å². The van der Waals surface area contributed by atoms with Gasteiger partial charge in [0.05, 0.1) is 29.2 Å². The lowest BCUT2D eigenvalue weighted by Gasteiger charge is -2.03. The van der Waals surface area contributed by atoms with E-state index < -0.39 is 0 Å². The number of thiophene rings is 1. The highest BCUT2D eigenvalue weighted by atomic mass is 32.1. The van der Waals surface area contributed by atoms with Crippen LogP contribution in [0.4, 0.5) is 0 Å². The molecule has 6 nitrogen and oxygen atoms in total. The second-order valence-electron chi connectivity index (χ2n) is 5.35. The number of carbonyl (C=O) groups excluding carboxylic acids is 1. The standard InChI is InChI=1S/C16H18N4O2S/c1-10-13(11(2)20(3)19-10)7-15(21)17-8-12-9-22-16(18-12)14-5-4-6-23-14/h4-6,9H,7-8H2,1-3H3,(H,17,21). The van der Waals surface area contributed by atoms with Crippen molar-refractivity contribution in [3.05, 3.63) is 46.4 Å². The van der Waals surface area contributed by atoms with Crippen molar-refractivity contribution in [2.24, 2.45) is 7.05 Å². The number of carbonyl (C=O) groups is 1. The van der Waals surface area contributed by atoms with E-state index in [0.29, 0.717) is 24.6 Å². The topological polar surface area (TPSA) is 73.0 Å². The maximum atomic E-state index is 12.1. The molecule has 1 N–H and O–H groups in total. The third-order valence-corrected chi connectivity index (χ3v) is 4.60. The Labute approximate surface area is 138 Å². The second-order valence-corrected chi connectivity index (χ2v) is 6.30. The summed E-state index contributed by atoms with van der Waals surface area (Å²) in [6.45, 7) is 4.24. The molecule has 7 heteroatoms. The number of hydrogen-bond acceptors (Lipinski definition) is 5. The zero-order chi connectivity index (χ0) is 16.4. The fraction of sp³-hybridized carbons (Fsp3) is 0.312. The first-order valence-electron chi connectivity index (χ1n) is 7.28. The molecular formula is C16H18N4O2S. The molecule has 120 valence electrons. The van der Waals surface area contributed by atoms with Gasteiger partial charge in [0.25, 0.3) is 0 Å². The van der Waals surface area contributed by atoms with Gasteiger partial charge in [0.15, 0.2) is 0 Å². The van der Waals surface area contributed by atoms with Crippen molar-refractivity contribution in [1.29, 1.82) is 0 Å². The van der Waals surface area contributed by atoms with Crippen molar-refractivity contribution in [3.8, 4) is 10.8 Å². The molecule has 0 saturated heterocycles. The average Bonchev–Trinajstić information content (AvgIpc) is 3.23. The molecule has 0 aromatic carbocycles. The molecule has 0 fully saturated rings. The highest BCUT2D eigenvalue weighted by Crippen LogP contribution is 2.23. The Kier molecular flexibility index (Phi) is 4.29. The first-order chi connectivity index (χ1) is 11.0. The van der Waals surface area contributed by atoms with Gasteiger partial charge >= 0.3 is 0 Å². The number of aromatic nitrogens is 3. The number of aryl methyl sites for hydroxylation is 2. The molecule has 23 heavy (non-hydrogen) atoms. The van der Waals surface area contributed by atoms with E-state index in [9.17, 15) is 4.79 Å². The Bertz CT molecular complexity index is 817. The maximum Gasteiger partial charge on any atom is 0.236 e. The van der Waals surface area contributed by atoms with Crippen LogP contribution < -0.4 is 5.32 Å². The Balaban J connectivity index is 1.59. The van der Waals surface area contributed by atoms with Gasteiger partial charge in [-0.2, -0.15) is 5.10 Å². The lowest BCUT2D eigenvalue weighted by atomic mass is 10.1. The highest BCUT2D eigenvalue weighted by molar-refractivity contribution is 7.13. The van der Waals surface area contributed by atoms with Crippen molar-refractivity contribution in [1.82, 2.24) is 20.1 Å². The van der Waals surface area contributed by atoms with Crippen LogP contribution in [0.5, 0.6) is 0 Å².